The molecule has 0 unspecified atom stereocenters. The Morgan fingerprint density at radius 1 is 1.31 bits per heavy atom. The molecule has 0 aliphatic rings. The highest BCUT2D eigenvalue weighted by atomic mass is 79.9. The second-order valence-electron chi connectivity index (χ2n) is 2.93. The predicted octanol–water partition coefficient (Wildman–Crippen LogP) is 2.90. The maximum absolute atomic E-state index is 13.0. The molecule has 0 aliphatic heterocycles. The fourth-order valence-electron chi connectivity index (χ4n) is 1.14. The first-order valence-corrected chi connectivity index (χ1v) is 5.08. The van der Waals surface area contributed by atoms with Crippen molar-refractivity contribution in [2.45, 2.75) is 19.3 Å². The molecule has 0 aliphatic carbocycles. The molecule has 0 saturated heterocycles. The van der Waals surface area contributed by atoms with Crippen LogP contribution >= 0.6 is 15.9 Å². The van der Waals surface area contributed by atoms with Gasteiger partial charge in [-0.1, -0.05) is 6.07 Å². The van der Waals surface area contributed by atoms with E-state index in [9.17, 15) is 4.39 Å². The van der Waals surface area contributed by atoms with Gasteiger partial charge >= 0.3 is 0 Å². The number of aliphatic hydroxyl groups excluding tert-OH is 1. The van der Waals surface area contributed by atoms with Gasteiger partial charge in [0.15, 0.2) is 0 Å². The lowest BCUT2D eigenvalue weighted by Gasteiger charge is -2.01. The van der Waals surface area contributed by atoms with Crippen molar-refractivity contribution in [3.05, 3.63) is 34.1 Å². The summed E-state index contributed by atoms with van der Waals surface area (Å²) in [5.74, 6) is -0.221. The van der Waals surface area contributed by atoms with Gasteiger partial charge in [0.25, 0.3) is 0 Å². The van der Waals surface area contributed by atoms with Gasteiger partial charge in [0.1, 0.15) is 5.82 Å². The highest BCUT2D eigenvalue weighted by Gasteiger charge is 1.99. The second kappa shape index (κ2) is 5.35. The Kier molecular flexibility index (Phi) is 4.39. The molecule has 1 rings (SSSR count). The number of rotatable bonds is 4. The Balaban J connectivity index is 2.53. The first kappa shape index (κ1) is 10.7. The normalized spacial score (nSPS) is 10.4. The third-order valence-electron chi connectivity index (χ3n) is 1.86. The maximum atomic E-state index is 13.0. The van der Waals surface area contributed by atoms with E-state index in [1.165, 1.54) is 6.07 Å². The number of unbranched alkanes of at least 4 members (excludes halogenated alkanes) is 1. The molecule has 1 aromatic carbocycles. The topological polar surface area (TPSA) is 20.2 Å². The predicted molar refractivity (Wildman–Crippen MR) is 54.1 cm³/mol. The molecule has 0 radical (unpaired) electrons. The van der Waals surface area contributed by atoms with Gasteiger partial charge in [0, 0.05) is 6.61 Å². The van der Waals surface area contributed by atoms with Crippen LogP contribution in [0.2, 0.25) is 0 Å². The van der Waals surface area contributed by atoms with Crippen molar-refractivity contribution >= 4 is 15.9 Å². The summed E-state index contributed by atoms with van der Waals surface area (Å²) >= 11 is 3.10. The van der Waals surface area contributed by atoms with Crippen molar-refractivity contribution in [1.29, 1.82) is 0 Å². The van der Waals surface area contributed by atoms with Crippen LogP contribution in [0.25, 0.3) is 0 Å². The summed E-state index contributed by atoms with van der Waals surface area (Å²) in [5.41, 5.74) is 0.981. The number of halogens is 2. The Hall–Kier alpha value is -0.410. The average molecular weight is 247 g/mol. The van der Waals surface area contributed by atoms with E-state index in [-0.39, 0.29) is 12.4 Å². The molecule has 0 heterocycles. The third-order valence-corrected chi connectivity index (χ3v) is 2.50. The minimum atomic E-state index is -0.221. The Labute approximate surface area is 85.7 Å². The Bertz CT molecular complexity index is 276. The fourth-order valence-corrected chi connectivity index (χ4v) is 1.38. The summed E-state index contributed by atoms with van der Waals surface area (Å²) in [7, 11) is 0. The van der Waals surface area contributed by atoms with Crippen molar-refractivity contribution < 1.29 is 9.50 Å². The molecular formula is C10H12BrFO. The first-order valence-electron chi connectivity index (χ1n) is 4.29. The zero-order valence-corrected chi connectivity index (χ0v) is 8.85. The van der Waals surface area contributed by atoms with Crippen LogP contribution in [0.3, 0.4) is 0 Å². The van der Waals surface area contributed by atoms with E-state index >= 15 is 0 Å². The van der Waals surface area contributed by atoms with E-state index in [1.54, 1.807) is 6.07 Å². The van der Waals surface area contributed by atoms with E-state index in [4.69, 9.17) is 5.11 Å². The minimum absolute atomic E-state index is 0.207. The van der Waals surface area contributed by atoms with E-state index in [1.807, 2.05) is 6.07 Å². The monoisotopic (exact) mass is 246 g/mol. The van der Waals surface area contributed by atoms with Crippen LogP contribution in [0, 0.1) is 5.82 Å². The van der Waals surface area contributed by atoms with Crippen molar-refractivity contribution in [3.63, 3.8) is 0 Å². The maximum Gasteiger partial charge on any atom is 0.137 e. The summed E-state index contributed by atoms with van der Waals surface area (Å²) in [4.78, 5) is 0. The third kappa shape index (κ3) is 3.44. The highest BCUT2D eigenvalue weighted by molar-refractivity contribution is 9.10. The molecule has 3 heteroatoms. The van der Waals surface area contributed by atoms with Gasteiger partial charge < -0.3 is 5.11 Å². The highest BCUT2D eigenvalue weighted by Crippen LogP contribution is 2.17. The van der Waals surface area contributed by atoms with Gasteiger partial charge in [0.2, 0.25) is 0 Å². The molecule has 0 amide bonds. The molecule has 1 nitrogen and oxygen atoms in total. The second-order valence-corrected chi connectivity index (χ2v) is 3.78. The molecule has 0 aromatic heterocycles. The zero-order chi connectivity index (χ0) is 9.68. The molecule has 1 N–H and O–H groups in total. The van der Waals surface area contributed by atoms with Crippen LogP contribution in [-0.2, 0) is 6.42 Å². The van der Waals surface area contributed by atoms with Crippen molar-refractivity contribution in [2.75, 3.05) is 6.61 Å². The zero-order valence-electron chi connectivity index (χ0n) is 7.26. The molecule has 0 atom stereocenters. The van der Waals surface area contributed by atoms with Crippen LogP contribution < -0.4 is 0 Å². The van der Waals surface area contributed by atoms with Crippen LogP contribution in [0.5, 0.6) is 0 Å². The van der Waals surface area contributed by atoms with Crippen LogP contribution in [0.1, 0.15) is 18.4 Å². The molecule has 13 heavy (non-hydrogen) atoms. The molecule has 0 bridgehead atoms. The van der Waals surface area contributed by atoms with Gasteiger partial charge in [-0.25, -0.2) is 4.39 Å². The number of hydrogen-bond donors (Lipinski definition) is 1. The summed E-state index contributed by atoms with van der Waals surface area (Å²) in [6, 6.07) is 5.13. The molecule has 72 valence electrons. The first-order chi connectivity index (χ1) is 6.24. The molecule has 0 fully saturated rings. The number of aryl methyl sites for hydroxylation is 1. The largest absolute Gasteiger partial charge is 0.396 e. The van der Waals surface area contributed by atoms with Crippen molar-refractivity contribution in [3.8, 4) is 0 Å². The minimum Gasteiger partial charge on any atom is -0.396 e. The average Bonchev–Trinajstić information content (AvgIpc) is 2.12. The van der Waals surface area contributed by atoms with Crippen molar-refractivity contribution in [1.82, 2.24) is 0 Å². The van der Waals surface area contributed by atoms with Gasteiger partial charge in [-0.3, -0.25) is 0 Å². The van der Waals surface area contributed by atoms with Crippen LogP contribution in [0.15, 0.2) is 22.7 Å². The number of hydrogen-bond acceptors (Lipinski definition) is 1. The van der Waals surface area contributed by atoms with Gasteiger partial charge in [-0.15, -0.1) is 0 Å². The fraction of sp³-hybridized carbons (Fsp3) is 0.400. The van der Waals surface area contributed by atoms with Gasteiger partial charge in [0.05, 0.1) is 4.47 Å². The van der Waals surface area contributed by atoms with Crippen molar-refractivity contribution in [2.24, 2.45) is 0 Å². The van der Waals surface area contributed by atoms with E-state index in [0.717, 1.165) is 24.8 Å². The van der Waals surface area contributed by atoms with Gasteiger partial charge in [-0.2, -0.15) is 0 Å². The lowest BCUT2D eigenvalue weighted by molar-refractivity contribution is 0.284. The van der Waals surface area contributed by atoms with E-state index in [2.05, 4.69) is 15.9 Å². The van der Waals surface area contributed by atoms with Gasteiger partial charge in [-0.05, 0) is 52.9 Å². The lowest BCUT2D eigenvalue weighted by atomic mass is 10.1. The summed E-state index contributed by atoms with van der Waals surface area (Å²) in [5, 5.41) is 8.56. The quantitative estimate of drug-likeness (QED) is 0.811. The summed E-state index contributed by atoms with van der Waals surface area (Å²) in [6.45, 7) is 0.207. The summed E-state index contributed by atoms with van der Waals surface area (Å²) in [6.07, 6.45) is 2.50. The summed E-state index contributed by atoms with van der Waals surface area (Å²) < 4.78 is 13.5. The molecule has 0 spiro atoms. The Morgan fingerprint density at radius 3 is 2.69 bits per heavy atom. The van der Waals surface area contributed by atoms with E-state index < -0.39 is 0 Å². The molecule has 1 aromatic rings. The molecule has 0 saturated carbocycles. The van der Waals surface area contributed by atoms with E-state index in [0.29, 0.717) is 4.47 Å². The smallest absolute Gasteiger partial charge is 0.137 e. The SMILES string of the molecule is OCCCCc1ccc(Br)c(F)c1. The number of aliphatic hydroxyl groups is 1. The lowest BCUT2D eigenvalue weighted by Crippen LogP contribution is -1.90. The standard InChI is InChI=1S/C10H12BrFO/c11-9-5-4-8(7-10(9)12)3-1-2-6-13/h4-5,7,13H,1-3,6H2. The Morgan fingerprint density at radius 2 is 2.08 bits per heavy atom. The van der Waals surface area contributed by atoms with Crippen LogP contribution in [-0.4, -0.2) is 11.7 Å². The molecular weight excluding hydrogens is 235 g/mol. The van der Waals surface area contributed by atoms with Crippen LogP contribution in [0.4, 0.5) is 4.39 Å². The number of benzene rings is 1.